The zero-order valence-corrected chi connectivity index (χ0v) is 26.9. The van der Waals surface area contributed by atoms with Crippen LogP contribution in [0.1, 0.15) is 67.4 Å². The van der Waals surface area contributed by atoms with Crippen LogP contribution in [0.15, 0.2) is 30.3 Å². The minimum atomic E-state index is -2.06. The number of carbonyl (C=O) groups is 1. The average Bonchev–Trinajstić information content (AvgIpc) is 2.74. The van der Waals surface area contributed by atoms with Crippen LogP contribution in [-0.2, 0) is 29.7 Å². The van der Waals surface area contributed by atoms with Crippen LogP contribution >= 0.6 is 0 Å². The lowest BCUT2D eigenvalue weighted by molar-refractivity contribution is -0.179. The maximum absolute atomic E-state index is 13.0. The first-order chi connectivity index (χ1) is 16.4. The molecule has 0 aromatic heterocycles. The van der Waals surface area contributed by atoms with Crippen LogP contribution in [0.3, 0.4) is 0 Å². The van der Waals surface area contributed by atoms with E-state index in [0.717, 1.165) is 5.56 Å². The Morgan fingerprint density at radius 2 is 1.47 bits per heavy atom. The third-order valence-electron chi connectivity index (χ3n) is 8.65. The van der Waals surface area contributed by atoms with E-state index in [4.69, 9.17) is 18.3 Å². The van der Waals surface area contributed by atoms with Crippen molar-refractivity contribution in [2.45, 2.75) is 123 Å². The van der Waals surface area contributed by atoms with E-state index in [1.54, 1.807) is 0 Å². The molecule has 1 heterocycles. The molecule has 0 spiro atoms. The van der Waals surface area contributed by atoms with Crippen molar-refractivity contribution >= 4 is 22.6 Å². The smallest absolute Gasteiger partial charge is 0.311 e. The number of hydrogen-bond acceptors (Lipinski definition) is 5. The van der Waals surface area contributed by atoms with Crippen LogP contribution < -0.4 is 0 Å². The molecule has 1 fully saturated rings. The van der Waals surface area contributed by atoms with Crippen molar-refractivity contribution in [1.29, 1.82) is 0 Å². The summed E-state index contributed by atoms with van der Waals surface area (Å²) in [5.41, 5.74) is 1.14. The van der Waals surface area contributed by atoms with Gasteiger partial charge in [0.25, 0.3) is 0 Å². The number of cyclic esters (lactones) is 1. The van der Waals surface area contributed by atoms with Gasteiger partial charge in [0.1, 0.15) is 6.10 Å². The van der Waals surface area contributed by atoms with E-state index in [1.165, 1.54) is 0 Å². The third-order valence-corrected chi connectivity index (χ3v) is 17.7. The van der Waals surface area contributed by atoms with Gasteiger partial charge in [-0.3, -0.25) is 4.79 Å². The fourth-order valence-corrected chi connectivity index (χ4v) is 6.84. The Balaban J connectivity index is 2.21. The van der Waals surface area contributed by atoms with Crippen molar-refractivity contribution in [3.05, 3.63) is 35.9 Å². The van der Waals surface area contributed by atoms with Crippen molar-refractivity contribution < 1.29 is 23.1 Å². The van der Waals surface area contributed by atoms with Crippen LogP contribution in [0, 0.1) is 11.8 Å². The molecule has 206 valence electrons. The monoisotopic (exact) mass is 536 g/mol. The van der Waals surface area contributed by atoms with Crippen molar-refractivity contribution in [1.82, 2.24) is 0 Å². The molecule has 0 radical (unpaired) electrons. The van der Waals surface area contributed by atoms with Gasteiger partial charge in [0.05, 0.1) is 31.3 Å². The highest BCUT2D eigenvalue weighted by Crippen LogP contribution is 2.42. The highest BCUT2D eigenvalue weighted by atomic mass is 28.4. The Hall–Kier alpha value is -0.996. The predicted octanol–water partition coefficient (Wildman–Crippen LogP) is 7.57. The number of hydrogen-bond donors (Lipinski definition) is 0. The minimum absolute atomic E-state index is 0.0715. The standard InChI is InChI=1S/C29H52O5Si2/c1-21-25(32-27(30)22(2)26(21)34-36(11,12)29(6,7)8)18-24(33-35(9,10)28(3,4)5)20-31-19-23-16-14-13-15-17-23/h13-17,21-22,24-26H,18-20H2,1-12H3/t21-,22+,24-,25-,26-/m0/s1. The number of benzene rings is 1. The molecule has 0 saturated carbocycles. The molecule has 1 aromatic rings. The number of esters is 1. The second-order valence-corrected chi connectivity index (χ2v) is 23.2. The molecule has 5 nitrogen and oxygen atoms in total. The fourth-order valence-electron chi connectivity index (χ4n) is 4.04. The van der Waals surface area contributed by atoms with E-state index in [2.05, 4.69) is 86.8 Å². The SMILES string of the molecule is C[C@@H]1[C@H](O[Si](C)(C)C(C)(C)C)[C@@H](C)C(=O)O[C@H]1C[C@@H](COCc1ccccc1)O[Si](C)(C)C(C)(C)C. The second-order valence-electron chi connectivity index (χ2n) is 13.7. The topological polar surface area (TPSA) is 54.0 Å². The normalized spacial score (nSPS) is 24.9. The summed E-state index contributed by atoms with van der Waals surface area (Å²) in [5.74, 6) is -0.371. The first-order valence-electron chi connectivity index (χ1n) is 13.5. The molecule has 0 unspecified atom stereocenters. The summed E-state index contributed by atoms with van der Waals surface area (Å²) in [6.45, 7) is 27.6. The molecule has 0 N–H and O–H groups in total. The van der Waals surface area contributed by atoms with E-state index in [0.29, 0.717) is 19.6 Å². The third kappa shape index (κ3) is 8.00. The zero-order chi connectivity index (χ0) is 27.5. The van der Waals surface area contributed by atoms with Crippen molar-refractivity contribution in [2.75, 3.05) is 6.61 Å². The molecular formula is C29H52O5Si2. The van der Waals surface area contributed by atoms with E-state index in [9.17, 15) is 4.79 Å². The number of rotatable bonds is 10. The van der Waals surface area contributed by atoms with Gasteiger partial charge < -0.3 is 18.3 Å². The van der Waals surface area contributed by atoms with Gasteiger partial charge in [-0.15, -0.1) is 0 Å². The lowest BCUT2D eigenvalue weighted by Crippen LogP contribution is -2.55. The summed E-state index contributed by atoms with van der Waals surface area (Å²) < 4.78 is 25.8. The first-order valence-corrected chi connectivity index (χ1v) is 19.3. The van der Waals surface area contributed by atoms with Crippen LogP contribution in [0.4, 0.5) is 0 Å². The molecule has 1 saturated heterocycles. The lowest BCUT2D eigenvalue weighted by atomic mass is 9.84. The Labute approximate surface area is 222 Å². The zero-order valence-electron chi connectivity index (χ0n) is 24.9. The first kappa shape index (κ1) is 31.2. The van der Waals surface area contributed by atoms with E-state index in [-0.39, 0.29) is 46.2 Å². The maximum atomic E-state index is 13.0. The largest absolute Gasteiger partial charge is 0.462 e. The van der Waals surface area contributed by atoms with Gasteiger partial charge >= 0.3 is 5.97 Å². The minimum Gasteiger partial charge on any atom is -0.462 e. The van der Waals surface area contributed by atoms with E-state index >= 15 is 0 Å². The molecular weight excluding hydrogens is 484 g/mol. The quantitative estimate of drug-likeness (QED) is 0.228. The summed E-state index contributed by atoms with van der Waals surface area (Å²) in [6, 6.07) is 10.2. The summed E-state index contributed by atoms with van der Waals surface area (Å²) >= 11 is 0. The number of carbonyl (C=O) groups excluding carboxylic acids is 1. The van der Waals surface area contributed by atoms with Gasteiger partial charge in [0.15, 0.2) is 16.6 Å². The van der Waals surface area contributed by atoms with Gasteiger partial charge in [-0.1, -0.05) is 78.8 Å². The van der Waals surface area contributed by atoms with E-state index in [1.807, 2.05) is 25.1 Å². The summed E-state index contributed by atoms with van der Waals surface area (Å²) in [5, 5.41) is 0.143. The summed E-state index contributed by atoms with van der Waals surface area (Å²) in [7, 11) is -4.11. The molecule has 1 aliphatic heterocycles. The molecule has 1 aliphatic rings. The molecule has 5 atom stereocenters. The highest BCUT2D eigenvalue weighted by molar-refractivity contribution is 6.74. The van der Waals surface area contributed by atoms with E-state index < -0.39 is 16.6 Å². The molecule has 7 heteroatoms. The van der Waals surface area contributed by atoms with Gasteiger partial charge in [-0.2, -0.15) is 0 Å². The fraction of sp³-hybridized carbons (Fsp3) is 0.759. The maximum Gasteiger partial charge on any atom is 0.311 e. The molecule has 0 amide bonds. The van der Waals surface area contributed by atoms with Crippen LogP contribution in [0.5, 0.6) is 0 Å². The van der Waals surface area contributed by atoms with Crippen molar-refractivity contribution in [3.63, 3.8) is 0 Å². The lowest BCUT2D eigenvalue weighted by Gasteiger charge is -2.47. The van der Waals surface area contributed by atoms with Crippen LogP contribution in [0.25, 0.3) is 0 Å². The van der Waals surface area contributed by atoms with Gasteiger partial charge in [-0.25, -0.2) is 0 Å². The Kier molecular flexibility index (Phi) is 10.2. The van der Waals surface area contributed by atoms with Crippen LogP contribution in [0.2, 0.25) is 36.3 Å². The van der Waals surface area contributed by atoms with Gasteiger partial charge in [0, 0.05) is 12.3 Å². The molecule has 2 rings (SSSR count). The predicted molar refractivity (Wildman–Crippen MR) is 153 cm³/mol. The number of ether oxygens (including phenoxy) is 2. The molecule has 36 heavy (non-hydrogen) atoms. The Morgan fingerprint density at radius 3 is 2.00 bits per heavy atom. The average molecular weight is 537 g/mol. The van der Waals surface area contributed by atoms with Gasteiger partial charge in [-0.05, 0) is 48.8 Å². The van der Waals surface area contributed by atoms with Crippen molar-refractivity contribution in [2.24, 2.45) is 11.8 Å². The van der Waals surface area contributed by atoms with Crippen molar-refractivity contribution in [3.8, 4) is 0 Å². The summed E-state index contributed by atoms with van der Waals surface area (Å²) in [4.78, 5) is 13.0. The Morgan fingerprint density at radius 1 is 0.917 bits per heavy atom. The molecule has 0 bridgehead atoms. The van der Waals surface area contributed by atoms with Gasteiger partial charge in [0.2, 0.25) is 0 Å². The van der Waals surface area contributed by atoms with Crippen LogP contribution in [-0.4, -0.2) is 47.5 Å². The molecule has 1 aromatic carbocycles. The Bertz CT molecular complexity index is 841. The highest BCUT2D eigenvalue weighted by Gasteiger charge is 2.48. The summed E-state index contributed by atoms with van der Waals surface area (Å²) in [6.07, 6.45) is 0.0319. The molecule has 0 aliphatic carbocycles. The second kappa shape index (κ2) is 11.8.